The maximum absolute atomic E-state index is 6.08. The third-order valence-electron chi connectivity index (χ3n) is 4.38. The molecule has 0 saturated carbocycles. The number of imidazole rings is 1. The maximum Gasteiger partial charge on any atom is 0.322 e. The lowest BCUT2D eigenvalue weighted by Gasteiger charge is -2.19. The molecular formula is C20H17Cl2N5O2. The van der Waals surface area contributed by atoms with E-state index >= 15 is 0 Å². The number of halogens is 2. The Morgan fingerprint density at radius 1 is 1.14 bits per heavy atom. The molecule has 7 nitrogen and oxygen atoms in total. The number of aromatic nitrogens is 4. The topological polar surface area (TPSA) is 78.0 Å². The molecule has 2 aromatic carbocycles. The van der Waals surface area contributed by atoms with Gasteiger partial charge in [-0.2, -0.15) is 4.98 Å². The Kier molecular flexibility index (Phi) is 5.42. The molecule has 0 saturated heterocycles. The highest BCUT2D eigenvalue weighted by Gasteiger charge is 2.24. The molecule has 0 aliphatic carbocycles. The van der Waals surface area contributed by atoms with E-state index in [0.29, 0.717) is 21.4 Å². The van der Waals surface area contributed by atoms with Crippen LogP contribution in [0.25, 0.3) is 11.4 Å². The van der Waals surface area contributed by atoms with Crippen LogP contribution in [0.15, 0.2) is 59.4 Å². The Hall–Kier alpha value is -3.03. The van der Waals surface area contributed by atoms with Crippen LogP contribution in [0, 0.1) is 0 Å². The highest BCUT2D eigenvalue weighted by atomic mass is 35.5. The Balaban J connectivity index is 1.71. The molecule has 1 N–H and O–H groups in total. The predicted molar refractivity (Wildman–Crippen MR) is 111 cm³/mol. The van der Waals surface area contributed by atoms with Crippen LogP contribution in [-0.2, 0) is 7.05 Å². The SMILES string of the molecule is COc1ccccc1C(Nc1nc(-c2cc(Cl)cc(Cl)c2)no1)c1nccn1C. The number of nitrogens with one attached hydrogen (secondary N) is 1. The van der Waals surface area contributed by atoms with Gasteiger partial charge in [0.2, 0.25) is 5.82 Å². The summed E-state index contributed by atoms with van der Waals surface area (Å²) < 4.78 is 12.9. The van der Waals surface area contributed by atoms with Crippen LogP contribution in [0.1, 0.15) is 17.4 Å². The van der Waals surface area contributed by atoms with Gasteiger partial charge >= 0.3 is 6.01 Å². The molecule has 148 valence electrons. The number of methoxy groups -OCH3 is 1. The maximum atomic E-state index is 6.08. The molecule has 29 heavy (non-hydrogen) atoms. The molecule has 1 atom stereocenters. The number of para-hydroxylation sites is 1. The van der Waals surface area contributed by atoms with E-state index in [1.54, 1.807) is 31.5 Å². The third-order valence-corrected chi connectivity index (χ3v) is 4.82. The minimum absolute atomic E-state index is 0.231. The summed E-state index contributed by atoms with van der Waals surface area (Å²) in [5.74, 6) is 1.85. The number of aryl methyl sites for hydroxylation is 1. The van der Waals surface area contributed by atoms with Gasteiger partial charge in [0.15, 0.2) is 0 Å². The average molecular weight is 430 g/mol. The molecule has 2 aromatic heterocycles. The van der Waals surface area contributed by atoms with Crippen molar-refractivity contribution in [2.24, 2.45) is 7.05 Å². The van der Waals surface area contributed by atoms with Gasteiger partial charge in [-0.25, -0.2) is 4.98 Å². The fraction of sp³-hybridized carbons (Fsp3) is 0.150. The van der Waals surface area contributed by atoms with Crippen molar-refractivity contribution in [1.82, 2.24) is 19.7 Å². The van der Waals surface area contributed by atoms with Gasteiger partial charge in [0.05, 0.1) is 7.11 Å². The van der Waals surface area contributed by atoms with Crippen LogP contribution in [0.3, 0.4) is 0 Å². The summed E-state index contributed by atoms with van der Waals surface area (Å²) in [5, 5.41) is 8.29. The zero-order chi connectivity index (χ0) is 20.4. The predicted octanol–water partition coefficient (Wildman–Crippen LogP) is 4.99. The van der Waals surface area contributed by atoms with Gasteiger partial charge in [-0.1, -0.05) is 46.6 Å². The van der Waals surface area contributed by atoms with E-state index in [1.807, 2.05) is 42.1 Å². The second-order valence-electron chi connectivity index (χ2n) is 6.30. The van der Waals surface area contributed by atoms with Crippen molar-refractivity contribution in [1.29, 1.82) is 0 Å². The zero-order valence-electron chi connectivity index (χ0n) is 15.6. The summed E-state index contributed by atoms with van der Waals surface area (Å²) in [6.07, 6.45) is 3.60. The first kappa shape index (κ1) is 19.3. The number of nitrogens with zero attached hydrogens (tertiary/aromatic N) is 4. The molecule has 1 unspecified atom stereocenters. The van der Waals surface area contributed by atoms with E-state index in [-0.39, 0.29) is 12.1 Å². The third kappa shape index (κ3) is 4.06. The molecule has 0 aliphatic rings. The van der Waals surface area contributed by atoms with Gasteiger partial charge in [-0.15, -0.1) is 0 Å². The molecule has 0 amide bonds. The molecule has 0 aliphatic heterocycles. The summed E-state index contributed by atoms with van der Waals surface area (Å²) in [6.45, 7) is 0. The summed E-state index contributed by atoms with van der Waals surface area (Å²) in [5.41, 5.74) is 1.54. The monoisotopic (exact) mass is 429 g/mol. The Labute approximate surface area is 177 Å². The fourth-order valence-electron chi connectivity index (χ4n) is 3.05. The molecule has 2 heterocycles. The van der Waals surface area contributed by atoms with Gasteiger partial charge in [-0.05, 0) is 24.3 Å². The van der Waals surface area contributed by atoms with Crippen LogP contribution in [0.5, 0.6) is 5.75 Å². The normalized spacial score (nSPS) is 12.0. The molecule has 0 bridgehead atoms. The van der Waals surface area contributed by atoms with Crippen LogP contribution in [-0.4, -0.2) is 26.8 Å². The Bertz CT molecular complexity index is 1120. The Morgan fingerprint density at radius 2 is 1.90 bits per heavy atom. The van der Waals surface area contributed by atoms with Crippen molar-refractivity contribution in [2.45, 2.75) is 6.04 Å². The standard InChI is InChI=1S/C20H17Cl2N5O2/c1-27-8-7-23-19(27)17(15-5-3-4-6-16(15)28-2)24-20-25-18(26-29-20)12-9-13(21)11-14(22)10-12/h3-11,17H,1-2H3,(H,24,25,26). The van der Waals surface area contributed by atoms with Crippen LogP contribution in [0.2, 0.25) is 10.0 Å². The first-order valence-electron chi connectivity index (χ1n) is 8.72. The van der Waals surface area contributed by atoms with E-state index in [0.717, 1.165) is 17.1 Å². The number of anilines is 1. The highest BCUT2D eigenvalue weighted by Crippen LogP contribution is 2.32. The minimum Gasteiger partial charge on any atom is -0.496 e. The molecule has 9 heteroatoms. The van der Waals surface area contributed by atoms with Crippen molar-refractivity contribution >= 4 is 29.2 Å². The van der Waals surface area contributed by atoms with E-state index in [4.69, 9.17) is 32.5 Å². The largest absolute Gasteiger partial charge is 0.496 e. The Morgan fingerprint density at radius 3 is 2.59 bits per heavy atom. The lowest BCUT2D eigenvalue weighted by molar-refractivity contribution is 0.405. The molecule has 4 rings (SSSR count). The van der Waals surface area contributed by atoms with Crippen molar-refractivity contribution in [3.05, 3.63) is 76.3 Å². The molecule has 0 radical (unpaired) electrons. The molecular weight excluding hydrogens is 413 g/mol. The second-order valence-corrected chi connectivity index (χ2v) is 7.17. The van der Waals surface area contributed by atoms with Gasteiger partial charge in [0.25, 0.3) is 0 Å². The fourth-order valence-corrected chi connectivity index (χ4v) is 3.57. The number of hydrogen-bond acceptors (Lipinski definition) is 6. The summed E-state index contributed by atoms with van der Waals surface area (Å²) in [6, 6.07) is 12.6. The van der Waals surface area contributed by atoms with Crippen molar-refractivity contribution in [3.63, 3.8) is 0 Å². The van der Waals surface area contributed by atoms with Crippen molar-refractivity contribution < 1.29 is 9.26 Å². The molecule has 4 aromatic rings. The van der Waals surface area contributed by atoms with Gasteiger partial charge in [0.1, 0.15) is 17.6 Å². The summed E-state index contributed by atoms with van der Waals surface area (Å²) in [4.78, 5) is 8.91. The minimum atomic E-state index is -0.373. The van der Waals surface area contributed by atoms with E-state index in [2.05, 4.69) is 20.4 Å². The first-order chi connectivity index (χ1) is 14.0. The number of rotatable bonds is 6. The zero-order valence-corrected chi connectivity index (χ0v) is 17.1. The van der Waals surface area contributed by atoms with E-state index in [1.165, 1.54) is 0 Å². The van der Waals surface area contributed by atoms with Crippen molar-refractivity contribution in [3.8, 4) is 17.1 Å². The lowest BCUT2D eigenvalue weighted by Crippen LogP contribution is -2.17. The highest BCUT2D eigenvalue weighted by molar-refractivity contribution is 6.35. The smallest absolute Gasteiger partial charge is 0.322 e. The van der Waals surface area contributed by atoms with Crippen LogP contribution < -0.4 is 10.1 Å². The number of hydrogen-bond donors (Lipinski definition) is 1. The lowest BCUT2D eigenvalue weighted by atomic mass is 10.0. The summed E-state index contributed by atoms with van der Waals surface area (Å²) in [7, 11) is 3.54. The van der Waals surface area contributed by atoms with Gasteiger partial charge in [-0.3, -0.25) is 0 Å². The van der Waals surface area contributed by atoms with Crippen LogP contribution in [0.4, 0.5) is 6.01 Å². The number of benzene rings is 2. The quantitative estimate of drug-likeness (QED) is 0.465. The van der Waals surface area contributed by atoms with Gasteiger partial charge < -0.3 is 19.1 Å². The van der Waals surface area contributed by atoms with Crippen LogP contribution >= 0.6 is 23.2 Å². The van der Waals surface area contributed by atoms with E-state index < -0.39 is 0 Å². The van der Waals surface area contributed by atoms with Crippen molar-refractivity contribution in [2.75, 3.05) is 12.4 Å². The molecule has 0 spiro atoms. The number of ether oxygens (including phenoxy) is 1. The second kappa shape index (κ2) is 8.14. The molecule has 0 fully saturated rings. The first-order valence-corrected chi connectivity index (χ1v) is 9.47. The summed E-state index contributed by atoms with van der Waals surface area (Å²) >= 11 is 12.2. The van der Waals surface area contributed by atoms with Gasteiger partial charge in [0, 0.05) is 40.6 Å². The van der Waals surface area contributed by atoms with E-state index in [9.17, 15) is 0 Å². The average Bonchev–Trinajstić information content (AvgIpc) is 3.34.